The summed E-state index contributed by atoms with van der Waals surface area (Å²) in [4.78, 5) is 8.48. The van der Waals surface area contributed by atoms with Crippen LogP contribution in [0, 0.1) is 5.92 Å². The van der Waals surface area contributed by atoms with Crippen LogP contribution in [0.4, 0.5) is 0 Å². The molecule has 0 aromatic carbocycles. The summed E-state index contributed by atoms with van der Waals surface area (Å²) in [6.07, 6.45) is 2.59. The molecule has 1 aromatic rings. The lowest BCUT2D eigenvalue weighted by Gasteiger charge is -2.10. The molecule has 0 aliphatic rings. The van der Waals surface area contributed by atoms with Crippen molar-refractivity contribution in [3.8, 4) is 5.88 Å². The van der Waals surface area contributed by atoms with Crippen LogP contribution in [0.25, 0.3) is 0 Å². The molecule has 1 aromatic heterocycles. The van der Waals surface area contributed by atoms with E-state index in [1.54, 1.807) is 12.3 Å². The molecule has 23 heavy (non-hydrogen) atoms. The zero-order chi connectivity index (χ0) is 17.1. The van der Waals surface area contributed by atoms with E-state index in [2.05, 4.69) is 29.1 Å². The second-order valence-electron chi connectivity index (χ2n) is 5.51. The van der Waals surface area contributed by atoms with Gasteiger partial charge in [0.05, 0.1) is 13.2 Å². The zero-order valence-electron chi connectivity index (χ0n) is 14.1. The maximum Gasteiger partial charge on any atom is 0.232 e. The van der Waals surface area contributed by atoms with Gasteiger partial charge in [0.15, 0.2) is 5.96 Å². The maximum atomic E-state index is 6.16. The van der Waals surface area contributed by atoms with Gasteiger partial charge in [-0.1, -0.05) is 25.4 Å². The normalized spacial score (nSPS) is 11.8. The number of nitrogens with zero attached hydrogens (tertiary/aromatic N) is 2. The van der Waals surface area contributed by atoms with Crippen molar-refractivity contribution in [1.82, 2.24) is 10.3 Å². The van der Waals surface area contributed by atoms with Gasteiger partial charge in [-0.15, -0.1) is 0 Å². The van der Waals surface area contributed by atoms with Crippen molar-refractivity contribution in [2.75, 3.05) is 26.4 Å². The fraction of sp³-hybridized carbons (Fsp3) is 0.625. The predicted molar refractivity (Wildman–Crippen MR) is 94.0 cm³/mol. The van der Waals surface area contributed by atoms with Gasteiger partial charge in [0.1, 0.15) is 5.02 Å². The molecule has 1 heterocycles. The Balaban J connectivity index is 2.41. The van der Waals surface area contributed by atoms with Gasteiger partial charge in [-0.05, 0) is 30.9 Å². The van der Waals surface area contributed by atoms with Gasteiger partial charge in [-0.2, -0.15) is 0 Å². The minimum Gasteiger partial charge on any atom is -0.476 e. The van der Waals surface area contributed by atoms with E-state index in [-0.39, 0.29) is 0 Å². The molecule has 130 valence electrons. The predicted octanol–water partition coefficient (Wildman–Crippen LogP) is 2.60. The standard InChI is InChI=1S/C16H27ClN4O2/c1-4-22-7-5-6-19-16(18)21-10-13-8-14(17)15(20-9-13)23-11-12(2)3/h8-9,12H,4-7,10-11H2,1-3H3,(H3,18,19,21). The van der Waals surface area contributed by atoms with Crippen molar-refractivity contribution in [3.63, 3.8) is 0 Å². The van der Waals surface area contributed by atoms with Crippen LogP contribution in [0.1, 0.15) is 32.8 Å². The molecule has 0 atom stereocenters. The Morgan fingerprint density at radius 2 is 2.26 bits per heavy atom. The van der Waals surface area contributed by atoms with E-state index in [0.717, 1.165) is 25.1 Å². The molecule has 0 fully saturated rings. The first-order chi connectivity index (χ1) is 11.0. The third-order valence-electron chi connectivity index (χ3n) is 2.83. The third-order valence-corrected chi connectivity index (χ3v) is 3.10. The molecular weight excluding hydrogens is 316 g/mol. The van der Waals surface area contributed by atoms with Crippen molar-refractivity contribution in [3.05, 3.63) is 22.8 Å². The quantitative estimate of drug-likeness (QED) is 0.388. The van der Waals surface area contributed by atoms with Crippen molar-refractivity contribution < 1.29 is 9.47 Å². The number of nitrogens with one attached hydrogen (secondary N) is 1. The summed E-state index contributed by atoms with van der Waals surface area (Å²) in [5.74, 6) is 1.28. The van der Waals surface area contributed by atoms with Gasteiger partial charge in [0.25, 0.3) is 0 Å². The average molecular weight is 343 g/mol. The first kappa shape index (κ1) is 19.5. The van der Waals surface area contributed by atoms with Gasteiger partial charge < -0.3 is 20.5 Å². The van der Waals surface area contributed by atoms with E-state index in [1.807, 2.05) is 6.92 Å². The number of hydrogen-bond donors (Lipinski definition) is 2. The highest BCUT2D eigenvalue weighted by molar-refractivity contribution is 6.31. The Bertz CT molecular complexity index is 495. The second-order valence-corrected chi connectivity index (χ2v) is 5.92. The van der Waals surface area contributed by atoms with Crippen LogP contribution in [0.15, 0.2) is 17.3 Å². The number of nitrogens with two attached hydrogens (primary N) is 1. The molecule has 0 spiro atoms. The SMILES string of the molecule is CCOCCCNC(N)=NCc1cnc(OCC(C)C)c(Cl)c1. The number of aromatic nitrogens is 1. The first-order valence-electron chi connectivity index (χ1n) is 7.91. The van der Waals surface area contributed by atoms with Crippen LogP contribution in [-0.4, -0.2) is 37.3 Å². The van der Waals surface area contributed by atoms with Crippen LogP contribution < -0.4 is 15.8 Å². The van der Waals surface area contributed by atoms with E-state index in [4.69, 9.17) is 26.8 Å². The molecule has 6 nitrogen and oxygen atoms in total. The number of halogens is 1. The van der Waals surface area contributed by atoms with E-state index in [9.17, 15) is 0 Å². The lowest BCUT2D eigenvalue weighted by Crippen LogP contribution is -2.32. The molecule has 7 heteroatoms. The van der Waals surface area contributed by atoms with Gasteiger partial charge in [0.2, 0.25) is 5.88 Å². The molecule has 1 rings (SSSR count). The number of ether oxygens (including phenoxy) is 2. The topological polar surface area (TPSA) is 81.8 Å². The molecule has 0 unspecified atom stereocenters. The van der Waals surface area contributed by atoms with Gasteiger partial charge in [0, 0.05) is 26.0 Å². The smallest absolute Gasteiger partial charge is 0.232 e. The summed E-state index contributed by atoms with van der Waals surface area (Å²) < 4.78 is 10.8. The molecule has 3 N–H and O–H groups in total. The molecule has 0 saturated carbocycles. The van der Waals surface area contributed by atoms with E-state index in [0.29, 0.717) is 42.5 Å². The highest BCUT2D eigenvalue weighted by Gasteiger charge is 2.06. The summed E-state index contributed by atoms with van der Waals surface area (Å²) >= 11 is 6.16. The van der Waals surface area contributed by atoms with Crippen molar-refractivity contribution in [1.29, 1.82) is 0 Å². The molecular formula is C16H27ClN4O2. The summed E-state index contributed by atoms with van der Waals surface area (Å²) in [5, 5.41) is 3.53. The summed E-state index contributed by atoms with van der Waals surface area (Å²) in [6.45, 7) is 9.30. The fourth-order valence-corrected chi connectivity index (χ4v) is 1.91. The zero-order valence-corrected chi connectivity index (χ0v) is 14.9. The largest absolute Gasteiger partial charge is 0.476 e. The fourth-order valence-electron chi connectivity index (χ4n) is 1.67. The number of aliphatic imine (C=N–C) groups is 1. The Morgan fingerprint density at radius 3 is 2.91 bits per heavy atom. The molecule has 0 radical (unpaired) electrons. The monoisotopic (exact) mass is 342 g/mol. The minimum atomic E-state index is 0.401. The van der Waals surface area contributed by atoms with Gasteiger partial charge >= 0.3 is 0 Å². The van der Waals surface area contributed by atoms with Crippen molar-refractivity contribution in [2.45, 2.75) is 33.7 Å². The maximum absolute atomic E-state index is 6.16. The molecule has 0 aliphatic carbocycles. The molecule has 0 amide bonds. The molecule has 0 aliphatic heterocycles. The van der Waals surface area contributed by atoms with Gasteiger partial charge in [-0.3, -0.25) is 0 Å². The number of pyridine rings is 1. The molecule has 0 bridgehead atoms. The first-order valence-corrected chi connectivity index (χ1v) is 8.29. The molecule has 0 saturated heterocycles. The Labute approximate surface area is 143 Å². The highest BCUT2D eigenvalue weighted by atomic mass is 35.5. The van der Waals surface area contributed by atoms with Crippen LogP contribution in [0.3, 0.4) is 0 Å². The van der Waals surface area contributed by atoms with Crippen molar-refractivity contribution >= 4 is 17.6 Å². The van der Waals surface area contributed by atoms with Crippen LogP contribution in [-0.2, 0) is 11.3 Å². The average Bonchev–Trinajstić information content (AvgIpc) is 2.51. The van der Waals surface area contributed by atoms with Crippen LogP contribution in [0.2, 0.25) is 5.02 Å². The summed E-state index contributed by atoms with van der Waals surface area (Å²) in [7, 11) is 0. The van der Waals surface area contributed by atoms with Crippen LogP contribution >= 0.6 is 11.6 Å². The third kappa shape index (κ3) is 8.62. The lowest BCUT2D eigenvalue weighted by molar-refractivity contribution is 0.145. The van der Waals surface area contributed by atoms with E-state index < -0.39 is 0 Å². The highest BCUT2D eigenvalue weighted by Crippen LogP contribution is 2.23. The number of rotatable bonds is 10. The Kier molecular flexibility index (Phi) is 9.40. The van der Waals surface area contributed by atoms with Crippen LogP contribution in [0.5, 0.6) is 5.88 Å². The lowest BCUT2D eigenvalue weighted by atomic mass is 10.2. The van der Waals surface area contributed by atoms with E-state index >= 15 is 0 Å². The Hall–Kier alpha value is -1.53. The Morgan fingerprint density at radius 1 is 1.48 bits per heavy atom. The minimum absolute atomic E-state index is 0.401. The second kappa shape index (κ2) is 11.1. The van der Waals surface area contributed by atoms with Crippen molar-refractivity contribution in [2.24, 2.45) is 16.6 Å². The van der Waals surface area contributed by atoms with E-state index in [1.165, 1.54) is 0 Å². The number of hydrogen-bond acceptors (Lipinski definition) is 4. The summed E-state index contributed by atoms with van der Waals surface area (Å²) in [5.41, 5.74) is 6.69. The number of guanidine groups is 1. The van der Waals surface area contributed by atoms with Gasteiger partial charge in [-0.25, -0.2) is 9.98 Å². The summed E-state index contributed by atoms with van der Waals surface area (Å²) in [6, 6.07) is 1.80.